The Labute approximate surface area is 92.1 Å². The summed E-state index contributed by atoms with van der Waals surface area (Å²) in [5.41, 5.74) is -0.204. The predicted octanol–water partition coefficient (Wildman–Crippen LogP) is 1.71. The number of carbonyl (C=O) groups is 1. The van der Waals surface area contributed by atoms with Gasteiger partial charge in [0.05, 0.1) is 5.56 Å². The topological polar surface area (TPSA) is 57.5 Å². The van der Waals surface area contributed by atoms with Crippen molar-refractivity contribution in [2.75, 3.05) is 11.5 Å². The van der Waals surface area contributed by atoms with Crippen molar-refractivity contribution in [1.29, 1.82) is 0 Å². The first-order chi connectivity index (χ1) is 7.13. The summed E-state index contributed by atoms with van der Waals surface area (Å²) < 4.78 is 0. The molecular formula is C11H12O3S. The van der Waals surface area contributed by atoms with E-state index in [1.54, 1.807) is 36.0 Å². The molecule has 0 aliphatic carbocycles. The van der Waals surface area contributed by atoms with Gasteiger partial charge in [-0.15, -0.1) is 0 Å². The smallest absolute Gasteiger partial charge is 0.336 e. The van der Waals surface area contributed by atoms with Gasteiger partial charge >= 0.3 is 5.97 Å². The van der Waals surface area contributed by atoms with Crippen molar-refractivity contribution >= 4 is 17.7 Å². The van der Waals surface area contributed by atoms with Crippen molar-refractivity contribution in [3.05, 3.63) is 35.4 Å². The van der Waals surface area contributed by atoms with Crippen LogP contribution in [0.4, 0.5) is 0 Å². The number of carboxylic acid groups (broad SMARTS) is 1. The first-order valence-corrected chi connectivity index (χ1v) is 5.92. The molecule has 1 aliphatic rings. The second-order valence-corrected chi connectivity index (χ2v) is 4.79. The number of rotatable bonds is 2. The molecule has 4 heteroatoms. The van der Waals surface area contributed by atoms with Crippen molar-refractivity contribution in [2.24, 2.45) is 0 Å². The summed E-state index contributed by atoms with van der Waals surface area (Å²) in [6.07, 6.45) is 0.627. The van der Waals surface area contributed by atoms with Crippen molar-refractivity contribution < 1.29 is 15.0 Å². The Bertz CT molecular complexity index is 383. The molecule has 0 aromatic heterocycles. The normalized spacial score (nSPS) is 25.4. The van der Waals surface area contributed by atoms with Gasteiger partial charge in [-0.05, 0) is 23.8 Å². The number of hydrogen-bond acceptors (Lipinski definition) is 3. The molecule has 1 unspecified atom stereocenters. The summed E-state index contributed by atoms with van der Waals surface area (Å²) in [5.74, 6) is 0.484. The zero-order chi connectivity index (χ0) is 10.9. The molecule has 0 amide bonds. The third-order valence-electron chi connectivity index (χ3n) is 2.66. The maximum Gasteiger partial charge on any atom is 0.336 e. The number of aliphatic hydroxyl groups is 1. The molecular weight excluding hydrogens is 212 g/mol. The van der Waals surface area contributed by atoms with Crippen molar-refractivity contribution in [1.82, 2.24) is 0 Å². The van der Waals surface area contributed by atoms with Crippen LogP contribution < -0.4 is 0 Å². The average molecular weight is 224 g/mol. The molecule has 0 spiro atoms. The molecule has 1 fully saturated rings. The molecule has 80 valence electrons. The van der Waals surface area contributed by atoms with Crippen molar-refractivity contribution in [3.8, 4) is 0 Å². The Morgan fingerprint density at radius 3 is 2.73 bits per heavy atom. The number of thioether (sulfide) groups is 1. The summed E-state index contributed by atoms with van der Waals surface area (Å²) >= 11 is 1.65. The lowest BCUT2D eigenvalue weighted by molar-refractivity contribution is 0.0574. The molecule has 3 nitrogen and oxygen atoms in total. The van der Waals surface area contributed by atoms with Gasteiger partial charge in [0.15, 0.2) is 0 Å². The molecule has 1 atom stereocenters. The lowest BCUT2D eigenvalue weighted by Crippen LogP contribution is -2.27. The van der Waals surface area contributed by atoms with Crippen LogP contribution in [0.3, 0.4) is 0 Å². The maximum atomic E-state index is 11.0. The molecule has 0 saturated carbocycles. The quantitative estimate of drug-likeness (QED) is 0.803. The van der Waals surface area contributed by atoms with E-state index in [0.717, 1.165) is 5.75 Å². The first kappa shape index (κ1) is 10.5. The van der Waals surface area contributed by atoms with E-state index in [0.29, 0.717) is 17.7 Å². The highest BCUT2D eigenvalue weighted by Crippen LogP contribution is 2.38. The van der Waals surface area contributed by atoms with E-state index in [-0.39, 0.29) is 5.56 Å². The molecule has 0 radical (unpaired) electrons. The third kappa shape index (κ3) is 1.87. The van der Waals surface area contributed by atoms with Gasteiger partial charge in [0.1, 0.15) is 5.60 Å². The molecule has 0 bridgehead atoms. The summed E-state index contributed by atoms with van der Waals surface area (Å²) in [6.45, 7) is 0. The van der Waals surface area contributed by atoms with Crippen LogP contribution in [0.2, 0.25) is 0 Å². The van der Waals surface area contributed by atoms with Crippen LogP contribution in [0.25, 0.3) is 0 Å². The SMILES string of the molecule is O=C(O)c1ccccc1C1(O)CCSC1. The Hall–Kier alpha value is -1.00. The monoisotopic (exact) mass is 224 g/mol. The fourth-order valence-electron chi connectivity index (χ4n) is 1.84. The van der Waals surface area contributed by atoms with E-state index < -0.39 is 11.6 Å². The molecule has 1 aromatic rings. The van der Waals surface area contributed by atoms with E-state index in [4.69, 9.17) is 5.11 Å². The zero-order valence-electron chi connectivity index (χ0n) is 8.14. The minimum absolute atomic E-state index is 0.211. The number of carboxylic acids is 1. The van der Waals surface area contributed by atoms with Gasteiger partial charge in [-0.1, -0.05) is 18.2 Å². The van der Waals surface area contributed by atoms with E-state index in [1.165, 1.54) is 0 Å². The van der Waals surface area contributed by atoms with E-state index in [1.807, 2.05) is 0 Å². The molecule has 2 N–H and O–H groups in total. The zero-order valence-corrected chi connectivity index (χ0v) is 8.96. The van der Waals surface area contributed by atoms with Crippen LogP contribution >= 0.6 is 11.8 Å². The van der Waals surface area contributed by atoms with Gasteiger partial charge in [0.2, 0.25) is 0 Å². The first-order valence-electron chi connectivity index (χ1n) is 4.76. The van der Waals surface area contributed by atoms with Crippen LogP contribution in [0.1, 0.15) is 22.3 Å². The fourth-order valence-corrected chi connectivity index (χ4v) is 3.11. The second kappa shape index (κ2) is 3.87. The highest BCUT2D eigenvalue weighted by atomic mass is 32.2. The molecule has 1 aromatic carbocycles. The highest BCUT2D eigenvalue weighted by Gasteiger charge is 2.36. The molecule has 1 saturated heterocycles. The van der Waals surface area contributed by atoms with Gasteiger partial charge in [-0.25, -0.2) is 4.79 Å². The minimum atomic E-state index is -0.976. The predicted molar refractivity (Wildman–Crippen MR) is 59.2 cm³/mol. The van der Waals surface area contributed by atoms with Crippen LogP contribution in [0, 0.1) is 0 Å². The largest absolute Gasteiger partial charge is 0.478 e. The lowest BCUT2D eigenvalue weighted by Gasteiger charge is -2.23. The van der Waals surface area contributed by atoms with Gasteiger partial charge in [0, 0.05) is 5.75 Å². The van der Waals surface area contributed by atoms with Gasteiger partial charge in [0.25, 0.3) is 0 Å². The van der Waals surface area contributed by atoms with Gasteiger partial charge in [-0.3, -0.25) is 0 Å². The van der Waals surface area contributed by atoms with E-state index in [9.17, 15) is 9.90 Å². The Morgan fingerprint density at radius 2 is 2.13 bits per heavy atom. The highest BCUT2D eigenvalue weighted by molar-refractivity contribution is 7.99. The van der Waals surface area contributed by atoms with Crippen LogP contribution in [0.5, 0.6) is 0 Å². The maximum absolute atomic E-state index is 11.0. The number of aromatic carboxylic acids is 1. The Morgan fingerprint density at radius 1 is 1.40 bits per heavy atom. The Balaban J connectivity index is 2.47. The van der Waals surface area contributed by atoms with Crippen molar-refractivity contribution in [2.45, 2.75) is 12.0 Å². The summed E-state index contributed by atoms with van der Waals surface area (Å²) in [4.78, 5) is 11.0. The summed E-state index contributed by atoms with van der Waals surface area (Å²) in [5, 5.41) is 19.3. The molecule has 2 rings (SSSR count). The summed E-state index contributed by atoms with van der Waals surface area (Å²) in [7, 11) is 0. The second-order valence-electron chi connectivity index (χ2n) is 3.68. The lowest BCUT2D eigenvalue weighted by atomic mass is 9.89. The fraction of sp³-hybridized carbons (Fsp3) is 0.364. The van der Waals surface area contributed by atoms with E-state index >= 15 is 0 Å². The van der Waals surface area contributed by atoms with Gasteiger partial charge < -0.3 is 10.2 Å². The van der Waals surface area contributed by atoms with E-state index in [2.05, 4.69) is 0 Å². The standard InChI is InChI=1S/C11H12O3S/c12-10(13)8-3-1-2-4-9(8)11(14)5-6-15-7-11/h1-4,14H,5-7H2,(H,12,13). The van der Waals surface area contributed by atoms with Crippen LogP contribution in [-0.2, 0) is 5.60 Å². The third-order valence-corrected chi connectivity index (χ3v) is 3.83. The Kier molecular flexibility index (Phi) is 2.71. The van der Waals surface area contributed by atoms with Gasteiger partial charge in [-0.2, -0.15) is 11.8 Å². The van der Waals surface area contributed by atoms with Crippen LogP contribution in [-0.4, -0.2) is 27.7 Å². The van der Waals surface area contributed by atoms with Crippen LogP contribution in [0.15, 0.2) is 24.3 Å². The molecule has 1 aliphatic heterocycles. The van der Waals surface area contributed by atoms with Crippen molar-refractivity contribution in [3.63, 3.8) is 0 Å². The number of hydrogen-bond donors (Lipinski definition) is 2. The molecule has 1 heterocycles. The minimum Gasteiger partial charge on any atom is -0.478 e. The number of benzene rings is 1. The summed E-state index contributed by atoms with van der Waals surface area (Å²) in [6, 6.07) is 6.69. The molecule has 15 heavy (non-hydrogen) atoms. The average Bonchev–Trinajstić information content (AvgIpc) is 2.66.